The molecule has 0 saturated heterocycles. The van der Waals surface area contributed by atoms with Crippen molar-refractivity contribution >= 4 is 0 Å². The second kappa shape index (κ2) is 5.85. The minimum atomic E-state index is -0.467. The largest absolute Gasteiger partial charge is 0.396 e. The lowest BCUT2D eigenvalue weighted by molar-refractivity contribution is 0.150. The van der Waals surface area contributed by atoms with Crippen LogP contribution >= 0.6 is 0 Å². The Bertz CT molecular complexity index is 379. The van der Waals surface area contributed by atoms with Crippen molar-refractivity contribution in [3.8, 4) is 0 Å². The Balaban J connectivity index is 3.09. The molecule has 102 valence electrons. The summed E-state index contributed by atoms with van der Waals surface area (Å²) in [6, 6.07) is 4.34. The van der Waals surface area contributed by atoms with E-state index in [2.05, 4.69) is 46.8 Å². The Hall–Kier alpha value is -0.860. The van der Waals surface area contributed by atoms with E-state index < -0.39 is 6.10 Å². The summed E-state index contributed by atoms with van der Waals surface area (Å²) < 4.78 is 0. The lowest BCUT2D eigenvalue weighted by Gasteiger charge is -2.24. The number of hydrogen-bond donors (Lipinski definition) is 2. The van der Waals surface area contributed by atoms with Gasteiger partial charge in [-0.25, -0.2) is 0 Å². The van der Waals surface area contributed by atoms with Crippen molar-refractivity contribution in [1.82, 2.24) is 0 Å². The van der Waals surface area contributed by atoms with Crippen LogP contribution in [-0.2, 0) is 5.41 Å². The summed E-state index contributed by atoms with van der Waals surface area (Å²) in [6.45, 7) is 10.8. The van der Waals surface area contributed by atoms with E-state index >= 15 is 0 Å². The summed E-state index contributed by atoms with van der Waals surface area (Å²) in [4.78, 5) is 0. The highest BCUT2D eigenvalue weighted by Crippen LogP contribution is 2.31. The van der Waals surface area contributed by atoms with E-state index in [4.69, 9.17) is 5.11 Å². The number of aryl methyl sites for hydroxylation is 2. The van der Waals surface area contributed by atoms with Gasteiger partial charge in [0.2, 0.25) is 0 Å². The highest BCUT2D eigenvalue weighted by Gasteiger charge is 2.19. The second-order valence-corrected chi connectivity index (χ2v) is 6.16. The first-order chi connectivity index (χ1) is 8.27. The van der Waals surface area contributed by atoms with Gasteiger partial charge >= 0.3 is 0 Å². The van der Waals surface area contributed by atoms with Gasteiger partial charge in [0.05, 0.1) is 6.10 Å². The van der Waals surface area contributed by atoms with Crippen molar-refractivity contribution in [2.75, 3.05) is 6.61 Å². The maximum atomic E-state index is 10.2. The molecule has 1 aromatic carbocycles. The van der Waals surface area contributed by atoms with Crippen molar-refractivity contribution < 1.29 is 10.2 Å². The topological polar surface area (TPSA) is 40.5 Å². The van der Waals surface area contributed by atoms with Crippen LogP contribution in [0.1, 0.15) is 62.0 Å². The monoisotopic (exact) mass is 250 g/mol. The quantitative estimate of drug-likeness (QED) is 0.859. The highest BCUT2D eigenvalue weighted by molar-refractivity contribution is 5.41. The molecule has 0 fully saturated rings. The van der Waals surface area contributed by atoms with E-state index in [1.54, 1.807) is 0 Å². The number of aliphatic hydroxyl groups excluding tert-OH is 2. The van der Waals surface area contributed by atoms with Crippen molar-refractivity contribution in [1.29, 1.82) is 0 Å². The van der Waals surface area contributed by atoms with E-state index in [0.29, 0.717) is 12.8 Å². The van der Waals surface area contributed by atoms with E-state index in [1.165, 1.54) is 5.56 Å². The van der Waals surface area contributed by atoms with Gasteiger partial charge in [-0.3, -0.25) is 0 Å². The fourth-order valence-electron chi connectivity index (χ4n) is 2.36. The van der Waals surface area contributed by atoms with E-state index in [9.17, 15) is 5.11 Å². The fraction of sp³-hybridized carbons (Fsp3) is 0.625. The van der Waals surface area contributed by atoms with Crippen LogP contribution in [0.15, 0.2) is 12.1 Å². The minimum absolute atomic E-state index is 0.129. The second-order valence-electron chi connectivity index (χ2n) is 6.16. The summed E-state index contributed by atoms with van der Waals surface area (Å²) >= 11 is 0. The predicted molar refractivity (Wildman–Crippen MR) is 75.9 cm³/mol. The Morgan fingerprint density at radius 1 is 1.11 bits per heavy atom. The van der Waals surface area contributed by atoms with Gasteiger partial charge < -0.3 is 10.2 Å². The third-order valence-corrected chi connectivity index (χ3v) is 3.43. The molecule has 1 aromatic rings. The number of aliphatic hydroxyl groups is 2. The smallest absolute Gasteiger partial charge is 0.0796 e. The van der Waals surface area contributed by atoms with Gasteiger partial charge in [-0.1, -0.05) is 32.9 Å². The summed E-state index contributed by atoms with van der Waals surface area (Å²) in [7, 11) is 0. The molecule has 18 heavy (non-hydrogen) atoms. The fourth-order valence-corrected chi connectivity index (χ4v) is 2.36. The molecule has 0 aliphatic heterocycles. The van der Waals surface area contributed by atoms with Crippen LogP contribution in [0.5, 0.6) is 0 Å². The minimum Gasteiger partial charge on any atom is -0.396 e. The number of benzene rings is 1. The van der Waals surface area contributed by atoms with Crippen LogP contribution in [0.25, 0.3) is 0 Å². The van der Waals surface area contributed by atoms with Crippen LogP contribution in [0.3, 0.4) is 0 Å². The molecule has 0 aromatic heterocycles. The molecule has 1 rings (SSSR count). The first-order valence-corrected chi connectivity index (χ1v) is 6.68. The predicted octanol–water partition coefficient (Wildman–Crippen LogP) is 3.41. The van der Waals surface area contributed by atoms with Gasteiger partial charge in [0, 0.05) is 6.61 Å². The van der Waals surface area contributed by atoms with Crippen molar-refractivity contribution in [2.45, 2.75) is 59.0 Å². The summed E-state index contributed by atoms with van der Waals surface area (Å²) in [5.74, 6) is 0. The molecule has 0 spiro atoms. The molecule has 2 nitrogen and oxygen atoms in total. The van der Waals surface area contributed by atoms with Crippen LogP contribution in [0.4, 0.5) is 0 Å². The number of rotatable bonds is 4. The highest BCUT2D eigenvalue weighted by atomic mass is 16.3. The SMILES string of the molecule is Cc1cc(C(C)(C)C)cc(C)c1C(O)CCCO. The Morgan fingerprint density at radius 3 is 2.00 bits per heavy atom. The van der Waals surface area contributed by atoms with Crippen molar-refractivity contribution in [2.24, 2.45) is 0 Å². The standard InChI is InChI=1S/C16H26O2/c1-11-9-13(16(3,4)5)10-12(2)15(11)14(18)7-6-8-17/h9-10,14,17-18H,6-8H2,1-5H3. The molecule has 0 saturated carbocycles. The average Bonchev–Trinajstić information content (AvgIpc) is 2.24. The van der Waals surface area contributed by atoms with E-state index in [0.717, 1.165) is 16.7 Å². The lowest BCUT2D eigenvalue weighted by Crippen LogP contribution is -2.13. The number of hydrogen-bond acceptors (Lipinski definition) is 2. The van der Waals surface area contributed by atoms with Gasteiger partial charge in [-0.05, 0) is 54.4 Å². The molecule has 0 bridgehead atoms. The maximum Gasteiger partial charge on any atom is 0.0796 e. The van der Waals surface area contributed by atoms with Crippen LogP contribution < -0.4 is 0 Å². The third-order valence-electron chi connectivity index (χ3n) is 3.43. The van der Waals surface area contributed by atoms with Crippen LogP contribution in [-0.4, -0.2) is 16.8 Å². The molecule has 0 heterocycles. The molecular weight excluding hydrogens is 224 g/mol. The van der Waals surface area contributed by atoms with Gasteiger partial charge in [0.25, 0.3) is 0 Å². The first kappa shape index (κ1) is 15.2. The third kappa shape index (κ3) is 3.56. The lowest BCUT2D eigenvalue weighted by atomic mass is 9.82. The molecule has 1 unspecified atom stereocenters. The molecule has 0 radical (unpaired) electrons. The first-order valence-electron chi connectivity index (χ1n) is 6.68. The maximum absolute atomic E-state index is 10.2. The normalized spacial score (nSPS) is 13.7. The summed E-state index contributed by atoms with van der Waals surface area (Å²) in [5, 5.41) is 19.0. The van der Waals surface area contributed by atoms with E-state index in [1.807, 2.05) is 0 Å². The Morgan fingerprint density at radius 2 is 1.61 bits per heavy atom. The molecule has 2 heteroatoms. The zero-order valence-corrected chi connectivity index (χ0v) is 12.2. The molecule has 0 amide bonds. The van der Waals surface area contributed by atoms with Crippen LogP contribution in [0.2, 0.25) is 0 Å². The van der Waals surface area contributed by atoms with Gasteiger partial charge in [0.1, 0.15) is 0 Å². The average molecular weight is 250 g/mol. The van der Waals surface area contributed by atoms with E-state index in [-0.39, 0.29) is 12.0 Å². The molecule has 0 aliphatic rings. The zero-order chi connectivity index (χ0) is 13.9. The van der Waals surface area contributed by atoms with Crippen molar-refractivity contribution in [3.63, 3.8) is 0 Å². The molecule has 2 N–H and O–H groups in total. The van der Waals surface area contributed by atoms with Gasteiger partial charge in [-0.15, -0.1) is 0 Å². The van der Waals surface area contributed by atoms with Crippen molar-refractivity contribution in [3.05, 3.63) is 34.4 Å². The van der Waals surface area contributed by atoms with Gasteiger partial charge in [-0.2, -0.15) is 0 Å². The Kier molecular flexibility index (Phi) is 4.94. The van der Waals surface area contributed by atoms with Crippen LogP contribution in [0, 0.1) is 13.8 Å². The molecule has 0 aliphatic carbocycles. The summed E-state index contributed by atoms with van der Waals surface area (Å²) in [5.41, 5.74) is 4.74. The molecule has 1 atom stereocenters. The summed E-state index contributed by atoms with van der Waals surface area (Å²) in [6.07, 6.45) is 0.792. The van der Waals surface area contributed by atoms with Gasteiger partial charge in [0.15, 0.2) is 0 Å². The molecular formula is C16H26O2. The zero-order valence-electron chi connectivity index (χ0n) is 12.2. The Labute approximate surface area is 111 Å².